The lowest BCUT2D eigenvalue weighted by Crippen LogP contribution is -2.36. The standard InChI is InChI=1S/C23H29NO3/c1-4-26-21-14-19-11-12-24(16-20(19)15-22(21)27-5-2)23(25)13-17(3)18-9-7-6-8-10-18/h6-10,14-15,17H,4-5,11-13,16H2,1-3H3. The first-order chi connectivity index (χ1) is 13.1. The summed E-state index contributed by atoms with van der Waals surface area (Å²) in [6, 6.07) is 14.4. The molecule has 0 saturated heterocycles. The van der Waals surface area contributed by atoms with Crippen LogP contribution in [0.5, 0.6) is 11.5 Å². The molecule has 27 heavy (non-hydrogen) atoms. The largest absolute Gasteiger partial charge is 0.490 e. The second-order valence-electron chi connectivity index (χ2n) is 7.01. The van der Waals surface area contributed by atoms with Gasteiger partial charge in [-0.25, -0.2) is 0 Å². The summed E-state index contributed by atoms with van der Waals surface area (Å²) < 4.78 is 11.5. The molecule has 2 aromatic rings. The average Bonchev–Trinajstić information content (AvgIpc) is 2.69. The number of rotatable bonds is 7. The van der Waals surface area contributed by atoms with E-state index < -0.39 is 0 Å². The molecule has 1 atom stereocenters. The van der Waals surface area contributed by atoms with Gasteiger partial charge in [-0.2, -0.15) is 0 Å². The summed E-state index contributed by atoms with van der Waals surface area (Å²) in [5.41, 5.74) is 3.62. The topological polar surface area (TPSA) is 38.8 Å². The smallest absolute Gasteiger partial charge is 0.223 e. The minimum absolute atomic E-state index is 0.212. The summed E-state index contributed by atoms with van der Waals surface area (Å²) in [7, 11) is 0. The van der Waals surface area contributed by atoms with E-state index in [-0.39, 0.29) is 11.8 Å². The molecule has 4 heteroatoms. The lowest BCUT2D eigenvalue weighted by Gasteiger charge is -2.30. The van der Waals surface area contributed by atoms with Gasteiger partial charge in [-0.3, -0.25) is 4.79 Å². The molecule has 3 rings (SSSR count). The molecule has 1 unspecified atom stereocenters. The third-order valence-corrected chi connectivity index (χ3v) is 5.08. The molecule has 0 aliphatic carbocycles. The maximum atomic E-state index is 12.8. The third kappa shape index (κ3) is 4.62. The first kappa shape index (κ1) is 19.3. The molecule has 0 spiro atoms. The van der Waals surface area contributed by atoms with Crippen LogP contribution in [0.1, 0.15) is 49.8 Å². The van der Waals surface area contributed by atoms with Crippen LogP contribution in [0.2, 0.25) is 0 Å². The van der Waals surface area contributed by atoms with Crippen LogP contribution in [0.25, 0.3) is 0 Å². The Labute approximate surface area is 162 Å². The maximum Gasteiger partial charge on any atom is 0.223 e. The van der Waals surface area contributed by atoms with Crippen molar-refractivity contribution in [1.82, 2.24) is 4.90 Å². The van der Waals surface area contributed by atoms with Gasteiger partial charge >= 0.3 is 0 Å². The van der Waals surface area contributed by atoms with Crippen molar-refractivity contribution in [3.63, 3.8) is 0 Å². The molecule has 1 aliphatic heterocycles. The van der Waals surface area contributed by atoms with Gasteiger partial charge in [-0.15, -0.1) is 0 Å². The zero-order valence-electron chi connectivity index (χ0n) is 16.5. The van der Waals surface area contributed by atoms with Gasteiger partial charge in [-0.05, 0) is 55.0 Å². The van der Waals surface area contributed by atoms with Crippen molar-refractivity contribution < 1.29 is 14.3 Å². The summed E-state index contributed by atoms with van der Waals surface area (Å²) in [5, 5.41) is 0. The van der Waals surface area contributed by atoms with Gasteiger partial charge in [0, 0.05) is 19.5 Å². The minimum atomic E-state index is 0.212. The van der Waals surface area contributed by atoms with Crippen molar-refractivity contribution >= 4 is 5.91 Å². The van der Waals surface area contributed by atoms with Crippen molar-refractivity contribution in [3.8, 4) is 11.5 Å². The summed E-state index contributed by atoms with van der Waals surface area (Å²) in [4.78, 5) is 14.8. The van der Waals surface area contributed by atoms with Crippen molar-refractivity contribution in [2.24, 2.45) is 0 Å². The molecule has 0 radical (unpaired) electrons. The third-order valence-electron chi connectivity index (χ3n) is 5.08. The summed E-state index contributed by atoms with van der Waals surface area (Å²) >= 11 is 0. The molecule has 0 aromatic heterocycles. The predicted octanol–water partition coefficient (Wildman–Crippen LogP) is 4.56. The van der Waals surface area contributed by atoms with Gasteiger partial charge in [0.2, 0.25) is 5.91 Å². The fraction of sp³-hybridized carbons (Fsp3) is 0.435. The zero-order valence-corrected chi connectivity index (χ0v) is 16.5. The van der Waals surface area contributed by atoms with E-state index in [0.717, 1.165) is 30.0 Å². The lowest BCUT2D eigenvalue weighted by molar-refractivity contribution is -0.132. The number of benzene rings is 2. The van der Waals surface area contributed by atoms with Gasteiger partial charge < -0.3 is 14.4 Å². The summed E-state index contributed by atoms with van der Waals surface area (Å²) in [5.74, 6) is 2.00. The van der Waals surface area contributed by atoms with E-state index >= 15 is 0 Å². The number of hydrogen-bond acceptors (Lipinski definition) is 3. The van der Waals surface area contributed by atoms with Crippen LogP contribution in [0.15, 0.2) is 42.5 Å². The van der Waals surface area contributed by atoms with Crippen LogP contribution in [-0.4, -0.2) is 30.6 Å². The van der Waals surface area contributed by atoms with Crippen molar-refractivity contribution in [2.75, 3.05) is 19.8 Å². The Hall–Kier alpha value is -2.49. The molecular weight excluding hydrogens is 338 g/mol. The molecule has 2 aromatic carbocycles. The number of ether oxygens (including phenoxy) is 2. The fourth-order valence-corrected chi connectivity index (χ4v) is 3.60. The first-order valence-electron chi connectivity index (χ1n) is 9.86. The number of carbonyl (C=O) groups is 1. The number of hydrogen-bond donors (Lipinski definition) is 0. The predicted molar refractivity (Wildman–Crippen MR) is 107 cm³/mol. The van der Waals surface area contributed by atoms with Crippen molar-refractivity contribution in [3.05, 3.63) is 59.2 Å². The molecular formula is C23H29NO3. The summed E-state index contributed by atoms with van der Waals surface area (Å²) in [6.45, 7) is 8.66. The van der Waals surface area contributed by atoms with Crippen LogP contribution in [0, 0.1) is 0 Å². The van der Waals surface area contributed by atoms with Gasteiger partial charge in [0.05, 0.1) is 13.2 Å². The Morgan fingerprint density at radius 2 is 1.67 bits per heavy atom. The van der Waals surface area contributed by atoms with E-state index in [0.29, 0.717) is 26.2 Å². The number of fused-ring (bicyclic) bond motifs is 1. The van der Waals surface area contributed by atoms with E-state index in [1.807, 2.05) is 43.0 Å². The maximum absolute atomic E-state index is 12.8. The number of carbonyl (C=O) groups excluding carboxylic acids is 1. The molecule has 1 aliphatic rings. The Kier molecular flexibility index (Phi) is 6.38. The molecule has 0 saturated carbocycles. The van der Waals surface area contributed by atoms with E-state index in [2.05, 4.69) is 25.1 Å². The Morgan fingerprint density at radius 3 is 2.30 bits per heavy atom. The highest BCUT2D eigenvalue weighted by Crippen LogP contribution is 2.34. The first-order valence-corrected chi connectivity index (χ1v) is 9.86. The SMILES string of the molecule is CCOc1cc2c(cc1OCC)CN(C(=O)CC(C)c1ccccc1)CC2. The Balaban J connectivity index is 1.71. The second-order valence-corrected chi connectivity index (χ2v) is 7.01. The van der Waals surface area contributed by atoms with Crippen LogP contribution in [0.3, 0.4) is 0 Å². The Bertz CT molecular complexity index is 773. The van der Waals surface area contributed by atoms with Crippen molar-refractivity contribution in [1.29, 1.82) is 0 Å². The van der Waals surface area contributed by atoms with Gasteiger partial charge in [0.1, 0.15) is 0 Å². The molecule has 0 fully saturated rings. The quantitative estimate of drug-likeness (QED) is 0.720. The molecule has 1 amide bonds. The van der Waals surface area contributed by atoms with E-state index in [9.17, 15) is 4.79 Å². The normalized spacial score (nSPS) is 14.4. The van der Waals surface area contributed by atoms with E-state index in [1.54, 1.807) is 0 Å². The van der Waals surface area contributed by atoms with Crippen molar-refractivity contribution in [2.45, 2.75) is 46.1 Å². The van der Waals surface area contributed by atoms with Gasteiger partial charge in [0.25, 0.3) is 0 Å². The van der Waals surface area contributed by atoms with Crippen LogP contribution in [0.4, 0.5) is 0 Å². The van der Waals surface area contributed by atoms with Gasteiger partial charge in [0.15, 0.2) is 11.5 Å². The molecule has 1 heterocycles. The minimum Gasteiger partial charge on any atom is -0.490 e. The molecule has 4 nitrogen and oxygen atoms in total. The highest BCUT2D eigenvalue weighted by atomic mass is 16.5. The second kappa shape index (κ2) is 8.94. The average molecular weight is 367 g/mol. The van der Waals surface area contributed by atoms with Gasteiger partial charge in [-0.1, -0.05) is 37.3 Å². The highest BCUT2D eigenvalue weighted by Gasteiger charge is 2.24. The number of nitrogens with zero attached hydrogens (tertiary/aromatic N) is 1. The van der Waals surface area contributed by atoms with E-state index in [4.69, 9.17) is 9.47 Å². The lowest BCUT2D eigenvalue weighted by atomic mass is 9.95. The zero-order chi connectivity index (χ0) is 19.2. The molecule has 0 bridgehead atoms. The van der Waals surface area contributed by atoms with Crippen LogP contribution >= 0.6 is 0 Å². The highest BCUT2D eigenvalue weighted by molar-refractivity contribution is 5.77. The summed E-state index contributed by atoms with van der Waals surface area (Å²) in [6.07, 6.45) is 1.39. The monoisotopic (exact) mass is 367 g/mol. The molecule has 0 N–H and O–H groups in total. The Morgan fingerprint density at radius 1 is 1.04 bits per heavy atom. The van der Waals surface area contributed by atoms with Crippen LogP contribution in [-0.2, 0) is 17.8 Å². The van der Waals surface area contributed by atoms with Crippen LogP contribution < -0.4 is 9.47 Å². The number of amides is 1. The fourth-order valence-electron chi connectivity index (χ4n) is 3.60. The van der Waals surface area contributed by atoms with E-state index in [1.165, 1.54) is 11.1 Å². The molecule has 144 valence electrons.